The second kappa shape index (κ2) is 3.02. The molecular formula is C11H9N3O. The van der Waals surface area contributed by atoms with Crippen molar-refractivity contribution in [1.29, 1.82) is 0 Å². The lowest BCUT2D eigenvalue weighted by molar-refractivity contribution is -0.114. The summed E-state index contributed by atoms with van der Waals surface area (Å²) in [5.74, 6) is 0.741. The molecule has 0 N–H and O–H groups in total. The van der Waals surface area contributed by atoms with Crippen LogP contribution in [0, 0.1) is 0 Å². The molecule has 0 aliphatic carbocycles. The molecule has 4 heteroatoms. The molecule has 0 radical (unpaired) electrons. The molecule has 0 saturated carbocycles. The van der Waals surface area contributed by atoms with Gasteiger partial charge in [0.15, 0.2) is 11.6 Å². The highest BCUT2D eigenvalue weighted by Crippen LogP contribution is 2.30. The Hall–Kier alpha value is -1.97. The minimum Gasteiger partial charge on any atom is -0.302 e. The number of fused-ring (bicyclic) bond motifs is 3. The molecule has 0 spiro atoms. The van der Waals surface area contributed by atoms with Crippen LogP contribution in [-0.4, -0.2) is 12.5 Å². The highest BCUT2D eigenvalue weighted by Gasteiger charge is 2.23. The summed E-state index contributed by atoms with van der Waals surface area (Å²) in [7, 11) is 0. The van der Waals surface area contributed by atoms with Crippen molar-refractivity contribution in [2.45, 2.75) is 6.42 Å². The van der Waals surface area contributed by atoms with Crippen molar-refractivity contribution in [3.05, 3.63) is 41.7 Å². The van der Waals surface area contributed by atoms with Gasteiger partial charge in [-0.2, -0.15) is 5.11 Å². The van der Waals surface area contributed by atoms with Gasteiger partial charge in [-0.25, -0.2) is 0 Å². The number of allylic oxidation sites excluding steroid dienone is 1. The third-order valence-corrected chi connectivity index (χ3v) is 2.59. The van der Waals surface area contributed by atoms with Crippen molar-refractivity contribution >= 4 is 11.5 Å². The van der Waals surface area contributed by atoms with Gasteiger partial charge in [0, 0.05) is 18.2 Å². The fraction of sp³-hybridized carbons (Fsp3) is 0.182. The Labute approximate surface area is 86.9 Å². The third-order valence-electron chi connectivity index (χ3n) is 2.59. The Kier molecular flexibility index (Phi) is 1.68. The maximum Gasteiger partial charge on any atom is 0.163 e. The van der Waals surface area contributed by atoms with Gasteiger partial charge in [-0.3, -0.25) is 4.79 Å². The molecule has 0 aromatic heterocycles. The van der Waals surface area contributed by atoms with Crippen molar-refractivity contribution < 1.29 is 4.79 Å². The molecule has 1 aromatic rings. The number of hydrogen-bond acceptors (Lipinski definition) is 4. The van der Waals surface area contributed by atoms with E-state index in [1.54, 1.807) is 6.08 Å². The zero-order chi connectivity index (χ0) is 10.3. The lowest BCUT2D eigenvalue weighted by atomic mass is 10.1. The van der Waals surface area contributed by atoms with E-state index in [1.165, 1.54) is 0 Å². The Balaban J connectivity index is 2.18. The molecule has 2 aliphatic rings. The van der Waals surface area contributed by atoms with Crippen molar-refractivity contribution in [2.75, 3.05) is 11.6 Å². The maximum atomic E-state index is 11.6. The van der Waals surface area contributed by atoms with Crippen LogP contribution in [0.15, 0.2) is 46.4 Å². The zero-order valence-corrected chi connectivity index (χ0v) is 8.05. The smallest absolute Gasteiger partial charge is 0.163 e. The van der Waals surface area contributed by atoms with Crippen molar-refractivity contribution in [1.82, 2.24) is 0 Å². The molecule has 15 heavy (non-hydrogen) atoms. The van der Waals surface area contributed by atoms with Crippen molar-refractivity contribution in [2.24, 2.45) is 10.2 Å². The van der Waals surface area contributed by atoms with Gasteiger partial charge in [-0.15, -0.1) is 5.11 Å². The van der Waals surface area contributed by atoms with E-state index < -0.39 is 0 Å². The van der Waals surface area contributed by atoms with E-state index in [0.29, 0.717) is 18.9 Å². The number of carbonyl (C=O) groups excluding carboxylic acids is 1. The van der Waals surface area contributed by atoms with E-state index in [-0.39, 0.29) is 5.78 Å². The molecule has 74 valence electrons. The molecule has 2 aliphatic heterocycles. The largest absolute Gasteiger partial charge is 0.302 e. The van der Waals surface area contributed by atoms with Crippen LogP contribution in [-0.2, 0) is 11.2 Å². The van der Waals surface area contributed by atoms with Gasteiger partial charge in [-0.1, -0.05) is 18.2 Å². The number of para-hydroxylation sites is 1. The Bertz CT molecular complexity index is 490. The number of nitrogens with zero attached hydrogens (tertiary/aromatic N) is 3. The predicted molar refractivity (Wildman–Crippen MR) is 55.4 cm³/mol. The van der Waals surface area contributed by atoms with Crippen LogP contribution >= 0.6 is 0 Å². The second-order valence-corrected chi connectivity index (χ2v) is 3.59. The lowest BCUT2D eigenvalue weighted by Crippen LogP contribution is -2.17. The molecule has 2 heterocycles. The number of azo groups is 1. The third kappa shape index (κ3) is 1.26. The molecular weight excluding hydrogens is 190 g/mol. The average Bonchev–Trinajstić information content (AvgIpc) is 2.62. The average molecular weight is 199 g/mol. The molecule has 0 atom stereocenters. The molecule has 0 fully saturated rings. The summed E-state index contributed by atoms with van der Waals surface area (Å²) in [5.41, 5.74) is 2.08. The van der Waals surface area contributed by atoms with Crippen LogP contribution in [0.3, 0.4) is 0 Å². The van der Waals surface area contributed by atoms with Gasteiger partial charge in [0.2, 0.25) is 0 Å². The number of ketones is 1. The highest BCUT2D eigenvalue weighted by atomic mass is 16.1. The minimum absolute atomic E-state index is 0.0841. The van der Waals surface area contributed by atoms with Crippen molar-refractivity contribution in [3.63, 3.8) is 0 Å². The summed E-state index contributed by atoms with van der Waals surface area (Å²) in [6.45, 7) is 0.510. The second-order valence-electron chi connectivity index (χ2n) is 3.59. The van der Waals surface area contributed by atoms with Gasteiger partial charge in [0.05, 0.1) is 0 Å². The van der Waals surface area contributed by atoms with E-state index in [9.17, 15) is 4.79 Å². The molecule has 0 bridgehead atoms. The van der Waals surface area contributed by atoms with E-state index in [1.807, 2.05) is 29.2 Å². The van der Waals surface area contributed by atoms with Crippen LogP contribution in [0.5, 0.6) is 0 Å². The molecule has 1 aromatic carbocycles. The van der Waals surface area contributed by atoms with Crippen LogP contribution in [0.25, 0.3) is 0 Å². The summed E-state index contributed by atoms with van der Waals surface area (Å²) in [6.07, 6.45) is 2.02. The van der Waals surface area contributed by atoms with Gasteiger partial charge >= 0.3 is 0 Å². The summed E-state index contributed by atoms with van der Waals surface area (Å²) in [6, 6.07) is 7.88. The van der Waals surface area contributed by atoms with Gasteiger partial charge < -0.3 is 4.90 Å². The number of rotatable bonds is 0. The predicted octanol–water partition coefficient (Wildman–Crippen LogP) is 1.88. The number of anilines is 1. The molecule has 0 saturated heterocycles. The van der Waals surface area contributed by atoms with E-state index >= 15 is 0 Å². The topological polar surface area (TPSA) is 45.0 Å². The number of benzene rings is 1. The quantitative estimate of drug-likeness (QED) is 0.640. The van der Waals surface area contributed by atoms with E-state index in [0.717, 1.165) is 11.3 Å². The number of carbonyl (C=O) groups is 1. The fourth-order valence-corrected chi connectivity index (χ4v) is 1.91. The molecule has 3 rings (SSSR count). The van der Waals surface area contributed by atoms with Crippen LogP contribution in [0.2, 0.25) is 0 Å². The fourth-order valence-electron chi connectivity index (χ4n) is 1.91. The van der Waals surface area contributed by atoms with E-state index in [2.05, 4.69) is 10.2 Å². The summed E-state index contributed by atoms with van der Waals surface area (Å²) in [4.78, 5) is 13.5. The van der Waals surface area contributed by atoms with Gasteiger partial charge in [0.25, 0.3) is 0 Å². The number of hydrogen-bond donors (Lipinski definition) is 0. The first-order valence-corrected chi connectivity index (χ1v) is 4.82. The molecule has 4 nitrogen and oxygen atoms in total. The first-order valence-electron chi connectivity index (χ1n) is 4.82. The Morgan fingerprint density at radius 2 is 2.13 bits per heavy atom. The summed E-state index contributed by atoms with van der Waals surface area (Å²) in [5, 5.41) is 7.89. The van der Waals surface area contributed by atoms with E-state index in [4.69, 9.17) is 0 Å². The Morgan fingerprint density at radius 3 is 3.07 bits per heavy atom. The molecule has 0 amide bonds. The normalized spacial score (nSPS) is 18.3. The Morgan fingerprint density at radius 1 is 1.27 bits per heavy atom. The standard InChI is InChI=1S/C11H9N3O/c15-9-5-8-3-1-2-4-10(8)14-7-12-13-11(14)6-9/h1-4,6H,5,7H2. The van der Waals surface area contributed by atoms with Crippen LogP contribution < -0.4 is 4.90 Å². The molecule has 0 unspecified atom stereocenters. The minimum atomic E-state index is 0.0841. The highest BCUT2D eigenvalue weighted by molar-refractivity contribution is 5.95. The van der Waals surface area contributed by atoms with Crippen LogP contribution in [0.4, 0.5) is 5.69 Å². The first kappa shape index (κ1) is 8.35. The summed E-state index contributed by atoms with van der Waals surface area (Å²) < 4.78 is 0. The first-order chi connectivity index (χ1) is 7.34. The lowest BCUT2D eigenvalue weighted by Gasteiger charge is -2.17. The monoisotopic (exact) mass is 199 g/mol. The maximum absolute atomic E-state index is 11.6. The zero-order valence-electron chi connectivity index (χ0n) is 8.05. The van der Waals surface area contributed by atoms with Crippen molar-refractivity contribution in [3.8, 4) is 0 Å². The SMILES string of the molecule is O=C1C=C2N=NCN2c2ccccc2C1. The summed E-state index contributed by atoms with van der Waals surface area (Å²) >= 11 is 0. The van der Waals surface area contributed by atoms with Crippen LogP contribution in [0.1, 0.15) is 5.56 Å². The van der Waals surface area contributed by atoms with Gasteiger partial charge in [0.1, 0.15) is 6.67 Å². The van der Waals surface area contributed by atoms with Gasteiger partial charge in [-0.05, 0) is 11.6 Å².